The van der Waals surface area contributed by atoms with Crippen LogP contribution in [0.4, 0.5) is 0 Å². The summed E-state index contributed by atoms with van der Waals surface area (Å²) < 4.78 is 2.22. The Labute approximate surface area is 119 Å². The normalized spacial score (nSPS) is 18.9. The van der Waals surface area contributed by atoms with E-state index in [0.717, 1.165) is 30.0 Å². The predicted molar refractivity (Wildman–Crippen MR) is 79.5 cm³/mol. The number of nitrogens with two attached hydrogens (primary N) is 1. The molecule has 1 aliphatic carbocycles. The van der Waals surface area contributed by atoms with Gasteiger partial charge < -0.3 is 10.3 Å². The lowest BCUT2D eigenvalue weighted by molar-refractivity contribution is 0.610. The molecule has 1 aromatic carbocycles. The summed E-state index contributed by atoms with van der Waals surface area (Å²) in [4.78, 5) is 0. The van der Waals surface area contributed by atoms with Gasteiger partial charge in [0.1, 0.15) is 0 Å². The lowest BCUT2D eigenvalue weighted by Crippen LogP contribution is -2.09. The maximum absolute atomic E-state index is 6.24. The van der Waals surface area contributed by atoms with Gasteiger partial charge in [-0.25, -0.2) is 0 Å². The molecular formula is C16H19ClN2. The van der Waals surface area contributed by atoms with Crippen LogP contribution in [0.5, 0.6) is 0 Å². The van der Waals surface area contributed by atoms with E-state index in [9.17, 15) is 0 Å². The number of hydrogen-bond donors (Lipinski definition) is 1. The first-order chi connectivity index (χ1) is 9.24. The van der Waals surface area contributed by atoms with Crippen LogP contribution in [0.15, 0.2) is 36.7 Å². The highest BCUT2D eigenvalue weighted by Crippen LogP contribution is 2.28. The average Bonchev–Trinajstić information content (AvgIpc) is 2.73. The summed E-state index contributed by atoms with van der Waals surface area (Å²) in [6.45, 7) is 0.819. The number of rotatable bonds is 2. The SMILES string of the molecule is NC1CCCCc2cn(Cc3ccccc3Cl)cc21. The molecule has 3 rings (SSSR count). The third kappa shape index (κ3) is 2.70. The molecule has 0 bridgehead atoms. The van der Waals surface area contributed by atoms with E-state index in [2.05, 4.69) is 23.0 Å². The van der Waals surface area contributed by atoms with Crippen molar-refractivity contribution in [3.8, 4) is 0 Å². The zero-order valence-corrected chi connectivity index (χ0v) is 11.7. The van der Waals surface area contributed by atoms with E-state index < -0.39 is 0 Å². The third-order valence-electron chi connectivity index (χ3n) is 3.92. The molecule has 0 saturated carbocycles. The van der Waals surface area contributed by atoms with Crippen LogP contribution in [-0.4, -0.2) is 4.57 Å². The van der Waals surface area contributed by atoms with Gasteiger partial charge in [-0.1, -0.05) is 36.2 Å². The molecule has 2 aromatic rings. The lowest BCUT2D eigenvalue weighted by Gasteiger charge is -2.08. The minimum absolute atomic E-state index is 0.199. The predicted octanol–water partition coefficient (Wildman–Crippen LogP) is 3.92. The second kappa shape index (κ2) is 5.40. The van der Waals surface area contributed by atoms with Gasteiger partial charge in [0.15, 0.2) is 0 Å². The van der Waals surface area contributed by atoms with Crippen molar-refractivity contribution >= 4 is 11.6 Å². The van der Waals surface area contributed by atoms with E-state index >= 15 is 0 Å². The molecule has 1 unspecified atom stereocenters. The average molecular weight is 275 g/mol. The number of benzene rings is 1. The first-order valence-corrected chi connectivity index (χ1v) is 7.29. The van der Waals surface area contributed by atoms with Crippen molar-refractivity contribution in [1.82, 2.24) is 4.57 Å². The van der Waals surface area contributed by atoms with Crippen LogP contribution in [0.2, 0.25) is 5.02 Å². The van der Waals surface area contributed by atoms with E-state index in [1.54, 1.807) is 0 Å². The molecule has 1 heterocycles. The Morgan fingerprint density at radius 2 is 2.05 bits per heavy atom. The van der Waals surface area contributed by atoms with Gasteiger partial charge in [-0.2, -0.15) is 0 Å². The van der Waals surface area contributed by atoms with E-state index in [1.165, 1.54) is 24.0 Å². The smallest absolute Gasteiger partial charge is 0.0485 e. The monoisotopic (exact) mass is 274 g/mol. The Balaban J connectivity index is 1.87. The highest BCUT2D eigenvalue weighted by atomic mass is 35.5. The van der Waals surface area contributed by atoms with Gasteiger partial charge in [-0.05, 0) is 42.0 Å². The molecule has 0 fully saturated rings. The molecule has 0 spiro atoms. The van der Waals surface area contributed by atoms with E-state index in [1.807, 2.05) is 18.2 Å². The molecule has 19 heavy (non-hydrogen) atoms. The van der Waals surface area contributed by atoms with Crippen LogP contribution >= 0.6 is 11.6 Å². The van der Waals surface area contributed by atoms with Crippen molar-refractivity contribution in [1.29, 1.82) is 0 Å². The molecule has 0 amide bonds. The number of hydrogen-bond acceptors (Lipinski definition) is 1. The Morgan fingerprint density at radius 1 is 1.21 bits per heavy atom. The van der Waals surface area contributed by atoms with E-state index in [0.29, 0.717) is 0 Å². The summed E-state index contributed by atoms with van der Waals surface area (Å²) in [6.07, 6.45) is 9.18. The van der Waals surface area contributed by atoms with Gasteiger partial charge in [0.2, 0.25) is 0 Å². The Hall–Kier alpha value is -1.25. The summed E-state index contributed by atoms with van der Waals surface area (Å²) >= 11 is 6.22. The summed E-state index contributed by atoms with van der Waals surface area (Å²) in [5.41, 5.74) is 10.1. The highest BCUT2D eigenvalue weighted by molar-refractivity contribution is 6.31. The highest BCUT2D eigenvalue weighted by Gasteiger charge is 2.17. The number of nitrogens with zero attached hydrogens (tertiary/aromatic N) is 1. The van der Waals surface area contributed by atoms with Crippen molar-refractivity contribution in [3.05, 3.63) is 58.4 Å². The maximum Gasteiger partial charge on any atom is 0.0485 e. The molecule has 1 aromatic heterocycles. The van der Waals surface area contributed by atoms with Crippen LogP contribution in [0.25, 0.3) is 0 Å². The minimum atomic E-state index is 0.199. The molecular weight excluding hydrogens is 256 g/mol. The fourth-order valence-corrected chi connectivity index (χ4v) is 3.06. The van der Waals surface area contributed by atoms with Gasteiger partial charge >= 0.3 is 0 Å². The van der Waals surface area contributed by atoms with Crippen molar-refractivity contribution in [2.24, 2.45) is 5.73 Å². The van der Waals surface area contributed by atoms with Gasteiger partial charge in [0, 0.05) is 30.0 Å². The van der Waals surface area contributed by atoms with Crippen LogP contribution in [-0.2, 0) is 13.0 Å². The van der Waals surface area contributed by atoms with Gasteiger partial charge in [0.05, 0.1) is 0 Å². The molecule has 100 valence electrons. The Bertz CT molecular complexity index is 574. The first-order valence-electron chi connectivity index (χ1n) is 6.91. The van der Waals surface area contributed by atoms with Crippen LogP contribution in [0.1, 0.15) is 42.0 Å². The zero-order valence-electron chi connectivity index (χ0n) is 11.0. The minimum Gasteiger partial charge on any atom is -0.349 e. The summed E-state index contributed by atoms with van der Waals surface area (Å²) in [5.74, 6) is 0. The summed E-state index contributed by atoms with van der Waals surface area (Å²) in [5, 5.41) is 0.829. The standard InChI is InChI=1S/C16H19ClN2/c17-15-7-3-1-6-13(15)10-19-9-12-5-2-4-8-16(18)14(12)11-19/h1,3,6-7,9,11,16H,2,4-5,8,10,18H2. The molecule has 2 N–H and O–H groups in total. The van der Waals surface area contributed by atoms with E-state index in [-0.39, 0.29) is 6.04 Å². The molecule has 0 aliphatic heterocycles. The third-order valence-corrected chi connectivity index (χ3v) is 4.29. The number of aromatic nitrogens is 1. The van der Waals surface area contributed by atoms with Crippen molar-refractivity contribution in [2.45, 2.75) is 38.3 Å². The van der Waals surface area contributed by atoms with Crippen molar-refractivity contribution in [3.63, 3.8) is 0 Å². The quantitative estimate of drug-likeness (QED) is 0.827. The van der Waals surface area contributed by atoms with Crippen LogP contribution in [0.3, 0.4) is 0 Å². The fourth-order valence-electron chi connectivity index (χ4n) is 2.87. The van der Waals surface area contributed by atoms with Crippen LogP contribution in [0, 0.1) is 0 Å². The van der Waals surface area contributed by atoms with Gasteiger partial charge in [-0.3, -0.25) is 0 Å². The second-order valence-electron chi connectivity index (χ2n) is 5.35. The summed E-state index contributed by atoms with van der Waals surface area (Å²) in [7, 11) is 0. The topological polar surface area (TPSA) is 30.9 Å². The fraction of sp³-hybridized carbons (Fsp3) is 0.375. The molecule has 2 nitrogen and oxygen atoms in total. The first kappa shape index (κ1) is 12.8. The number of halogens is 1. The maximum atomic E-state index is 6.24. The molecule has 1 aliphatic rings. The van der Waals surface area contributed by atoms with Gasteiger partial charge in [-0.15, -0.1) is 0 Å². The van der Waals surface area contributed by atoms with Crippen molar-refractivity contribution < 1.29 is 0 Å². The van der Waals surface area contributed by atoms with Crippen LogP contribution < -0.4 is 5.73 Å². The number of fused-ring (bicyclic) bond motifs is 1. The lowest BCUT2D eigenvalue weighted by atomic mass is 10.1. The van der Waals surface area contributed by atoms with Crippen molar-refractivity contribution in [2.75, 3.05) is 0 Å². The second-order valence-corrected chi connectivity index (χ2v) is 5.76. The Kier molecular flexibility index (Phi) is 3.63. The Morgan fingerprint density at radius 3 is 2.89 bits per heavy atom. The zero-order chi connectivity index (χ0) is 13.2. The number of aryl methyl sites for hydroxylation is 1. The molecule has 0 radical (unpaired) electrons. The largest absolute Gasteiger partial charge is 0.349 e. The molecule has 3 heteroatoms. The van der Waals surface area contributed by atoms with Gasteiger partial charge in [0.25, 0.3) is 0 Å². The summed E-state index contributed by atoms with van der Waals surface area (Å²) in [6, 6.07) is 8.21. The van der Waals surface area contributed by atoms with E-state index in [4.69, 9.17) is 17.3 Å². The molecule has 0 saturated heterocycles. The molecule has 1 atom stereocenters.